The Hall–Kier alpha value is -5.13. The van der Waals surface area contributed by atoms with Gasteiger partial charge in [-0.1, -0.05) is 72.8 Å². The zero-order chi connectivity index (χ0) is 26.5. The van der Waals surface area contributed by atoms with Gasteiger partial charge in [-0.05, 0) is 64.7 Å². The number of benzene rings is 4. The van der Waals surface area contributed by atoms with Gasteiger partial charge in [0.05, 0.1) is 39.5 Å². The Morgan fingerprint density at radius 3 is 1.80 bits per heavy atom. The number of aromatic nitrogens is 4. The highest BCUT2D eigenvalue weighted by atomic mass is 32.1. The number of thiazole rings is 1. The van der Waals surface area contributed by atoms with E-state index in [9.17, 15) is 0 Å². The van der Waals surface area contributed by atoms with Crippen molar-refractivity contribution in [3.05, 3.63) is 134 Å². The predicted molar refractivity (Wildman–Crippen MR) is 166 cm³/mol. The third-order valence-electron chi connectivity index (χ3n) is 7.39. The highest BCUT2D eigenvalue weighted by molar-refractivity contribution is 7.21. The molecule has 0 saturated carbocycles. The number of hydrogen-bond donors (Lipinski definition) is 0. The molecule has 0 saturated heterocycles. The van der Waals surface area contributed by atoms with Crippen molar-refractivity contribution >= 4 is 43.4 Å². The van der Waals surface area contributed by atoms with Crippen molar-refractivity contribution in [1.82, 2.24) is 19.5 Å². The molecule has 0 aliphatic rings. The molecule has 0 spiro atoms. The van der Waals surface area contributed by atoms with Crippen LogP contribution in [0.2, 0.25) is 0 Å². The molecule has 8 aromatic rings. The standard InChI is InChI=1S/C35H22N4S/c1-3-7-23(8-4-1)25-11-15-32-28(19-25)29-20-26(24-9-5-2-6-10-24)12-16-33(29)39(32)27-13-14-30(37-21-27)35-38-31-22-36-18-17-34(31)40-35/h1-22H. The SMILES string of the molecule is c1ccc(-c2ccc3c(c2)c2cc(-c4ccccc4)ccc2n3-c2ccc(-c3nc4cnccc4s3)nc2)cc1. The van der Waals surface area contributed by atoms with Crippen LogP contribution in [-0.4, -0.2) is 19.5 Å². The molecule has 0 aliphatic heterocycles. The first-order chi connectivity index (χ1) is 19.8. The fourth-order valence-electron chi connectivity index (χ4n) is 5.46. The number of pyridine rings is 2. The molecule has 5 heteroatoms. The first-order valence-corrected chi connectivity index (χ1v) is 14.0. The van der Waals surface area contributed by atoms with Gasteiger partial charge in [-0.25, -0.2) is 4.98 Å². The minimum absolute atomic E-state index is 0.864. The van der Waals surface area contributed by atoms with Gasteiger partial charge in [0.1, 0.15) is 10.5 Å². The summed E-state index contributed by atoms with van der Waals surface area (Å²) in [4.78, 5) is 13.8. The molecule has 0 unspecified atom stereocenters. The third kappa shape index (κ3) is 3.79. The Bertz CT molecular complexity index is 2010. The largest absolute Gasteiger partial charge is 0.308 e. The van der Waals surface area contributed by atoms with Crippen LogP contribution in [0.1, 0.15) is 0 Å². The Morgan fingerprint density at radius 2 is 1.23 bits per heavy atom. The molecule has 0 N–H and O–H groups in total. The maximum atomic E-state index is 4.85. The molecule has 4 nitrogen and oxygen atoms in total. The van der Waals surface area contributed by atoms with Gasteiger partial charge < -0.3 is 4.57 Å². The van der Waals surface area contributed by atoms with E-state index in [2.05, 4.69) is 119 Å². The number of fused-ring (bicyclic) bond motifs is 4. The summed E-state index contributed by atoms with van der Waals surface area (Å²) in [5.41, 5.74) is 9.92. The van der Waals surface area contributed by atoms with Crippen LogP contribution in [0.5, 0.6) is 0 Å². The molecular weight excluding hydrogens is 508 g/mol. The molecule has 4 heterocycles. The smallest absolute Gasteiger partial charge is 0.143 e. The molecule has 188 valence electrons. The average molecular weight is 531 g/mol. The molecule has 0 fully saturated rings. The maximum absolute atomic E-state index is 4.85. The summed E-state index contributed by atoms with van der Waals surface area (Å²) in [6, 6.07) is 40.8. The Balaban J connectivity index is 1.31. The van der Waals surface area contributed by atoms with E-state index in [1.54, 1.807) is 23.7 Å². The van der Waals surface area contributed by atoms with E-state index in [-0.39, 0.29) is 0 Å². The Kier molecular flexibility index (Phi) is 5.28. The highest BCUT2D eigenvalue weighted by Crippen LogP contribution is 2.37. The maximum Gasteiger partial charge on any atom is 0.143 e. The van der Waals surface area contributed by atoms with Crippen molar-refractivity contribution in [2.75, 3.05) is 0 Å². The van der Waals surface area contributed by atoms with E-state index >= 15 is 0 Å². The normalized spacial score (nSPS) is 11.5. The van der Waals surface area contributed by atoms with Gasteiger partial charge in [-0.15, -0.1) is 11.3 Å². The minimum Gasteiger partial charge on any atom is -0.308 e. The fraction of sp³-hybridized carbons (Fsp3) is 0. The van der Waals surface area contributed by atoms with Gasteiger partial charge in [0.25, 0.3) is 0 Å². The predicted octanol–water partition coefficient (Wildman–Crippen LogP) is 9.18. The number of hydrogen-bond acceptors (Lipinski definition) is 4. The van der Waals surface area contributed by atoms with Crippen molar-refractivity contribution in [1.29, 1.82) is 0 Å². The Morgan fingerprint density at radius 1 is 0.575 bits per heavy atom. The molecule has 4 aromatic heterocycles. The van der Waals surface area contributed by atoms with Gasteiger partial charge >= 0.3 is 0 Å². The van der Waals surface area contributed by atoms with Crippen molar-refractivity contribution in [2.45, 2.75) is 0 Å². The third-order valence-corrected chi connectivity index (χ3v) is 8.45. The average Bonchev–Trinajstić information content (AvgIpc) is 3.61. The lowest BCUT2D eigenvalue weighted by Gasteiger charge is -2.09. The second kappa shape index (κ2) is 9.26. The zero-order valence-electron chi connectivity index (χ0n) is 21.4. The summed E-state index contributed by atoms with van der Waals surface area (Å²) in [6.07, 6.45) is 5.56. The van der Waals surface area contributed by atoms with Crippen LogP contribution < -0.4 is 0 Å². The van der Waals surface area contributed by atoms with Gasteiger partial charge in [-0.2, -0.15) is 0 Å². The number of rotatable bonds is 4. The molecule has 0 amide bonds. The van der Waals surface area contributed by atoms with Gasteiger partial charge in [0.2, 0.25) is 0 Å². The van der Waals surface area contributed by atoms with Gasteiger partial charge in [0.15, 0.2) is 0 Å². The lowest BCUT2D eigenvalue weighted by molar-refractivity contribution is 1.14. The number of nitrogens with zero attached hydrogens (tertiary/aromatic N) is 4. The quantitative estimate of drug-likeness (QED) is 0.228. The van der Waals surface area contributed by atoms with Gasteiger partial charge in [0, 0.05) is 17.0 Å². The van der Waals surface area contributed by atoms with Crippen molar-refractivity contribution < 1.29 is 0 Å². The molecular formula is C35H22N4S. The van der Waals surface area contributed by atoms with Crippen LogP contribution in [0.4, 0.5) is 0 Å². The van der Waals surface area contributed by atoms with Crippen LogP contribution in [0.15, 0.2) is 134 Å². The second-order valence-corrected chi connectivity index (χ2v) is 10.8. The lowest BCUT2D eigenvalue weighted by Crippen LogP contribution is -1.95. The molecule has 0 atom stereocenters. The molecule has 8 rings (SSSR count). The summed E-state index contributed by atoms with van der Waals surface area (Å²) < 4.78 is 3.43. The van der Waals surface area contributed by atoms with Crippen LogP contribution in [-0.2, 0) is 0 Å². The first-order valence-electron chi connectivity index (χ1n) is 13.2. The summed E-state index contributed by atoms with van der Waals surface area (Å²) in [5, 5.41) is 3.34. The molecule has 0 aliphatic carbocycles. The highest BCUT2D eigenvalue weighted by Gasteiger charge is 2.16. The summed E-state index contributed by atoms with van der Waals surface area (Å²) >= 11 is 1.64. The molecule has 4 aromatic carbocycles. The monoisotopic (exact) mass is 530 g/mol. The molecule has 0 radical (unpaired) electrons. The van der Waals surface area contributed by atoms with E-state index in [1.807, 2.05) is 12.3 Å². The van der Waals surface area contributed by atoms with Crippen LogP contribution in [0, 0.1) is 0 Å². The summed E-state index contributed by atoms with van der Waals surface area (Å²) in [6.45, 7) is 0. The van der Waals surface area contributed by atoms with Crippen LogP contribution >= 0.6 is 11.3 Å². The van der Waals surface area contributed by atoms with E-state index in [0.717, 1.165) is 37.6 Å². The summed E-state index contributed by atoms with van der Waals surface area (Å²) in [7, 11) is 0. The van der Waals surface area contributed by atoms with Gasteiger partial charge in [-0.3, -0.25) is 9.97 Å². The zero-order valence-corrected chi connectivity index (χ0v) is 22.2. The first kappa shape index (κ1) is 22.8. The molecule has 0 bridgehead atoms. The van der Waals surface area contributed by atoms with Crippen LogP contribution in [0.25, 0.3) is 70.7 Å². The Labute approximate surface area is 234 Å². The van der Waals surface area contributed by atoms with Crippen molar-refractivity contribution in [3.63, 3.8) is 0 Å². The summed E-state index contributed by atoms with van der Waals surface area (Å²) in [5.74, 6) is 0. The fourth-order valence-corrected chi connectivity index (χ4v) is 6.37. The van der Waals surface area contributed by atoms with Crippen molar-refractivity contribution in [3.8, 4) is 38.6 Å². The molecule has 40 heavy (non-hydrogen) atoms. The van der Waals surface area contributed by atoms with E-state index < -0.39 is 0 Å². The van der Waals surface area contributed by atoms with Crippen molar-refractivity contribution in [2.24, 2.45) is 0 Å². The second-order valence-electron chi connectivity index (χ2n) is 9.80. The lowest BCUT2D eigenvalue weighted by atomic mass is 10.0. The van der Waals surface area contributed by atoms with E-state index in [1.165, 1.54) is 33.0 Å². The minimum atomic E-state index is 0.864. The van der Waals surface area contributed by atoms with E-state index in [4.69, 9.17) is 9.97 Å². The van der Waals surface area contributed by atoms with Crippen LogP contribution in [0.3, 0.4) is 0 Å². The topological polar surface area (TPSA) is 43.6 Å². The van der Waals surface area contributed by atoms with E-state index in [0.29, 0.717) is 0 Å².